The van der Waals surface area contributed by atoms with Gasteiger partial charge in [0.05, 0.1) is 5.69 Å². The molecule has 0 unspecified atom stereocenters. The van der Waals surface area contributed by atoms with Gasteiger partial charge in [0, 0.05) is 24.4 Å². The van der Waals surface area contributed by atoms with Crippen LogP contribution < -0.4 is 11.3 Å². The second kappa shape index (κ2) is 3.01. The second-order valence-electron chi connectivity index (χ2n) is 3.02. The number of hydrazine groups is 1. The van der Waals surface area contributed by atoms with E-state index in [1.807, 2.05) is 0 Å². The number of likely N-dealkylation sites (N-methyl/N-ethyl adjacent to an activating group) is 1. The summed E-state index contributed by atoms with van der Waals surface area (Å²) < 4.78 is 0. The number of aromatic nitrogens is 1. The van der Waals surface area contributed by atoms with Crippen LogP contribution in [0.1, 0.15) is 10.6 Å². The summed E-state index contributed by atoms with van der Waals surface area (Å²) in [6.45, 7) is 2.11. The predicted molar refractivity (Wildman–Crippen MR) is 50.0 cm³/mol. The number of nitrogen functional groups attached to an aromatic ring is 1. The molecule has 1 aromatic rings. The summed E-state index contributed by atoms with van der Waals surface area (Å²) in [4.78, 5) is 8.00. The molecule has 0 amide bonds. The van der Waals surface area contributed by atoms with Gasteiger partial charge >= 0.3 is 0 Å². The van der Waals surface area contributed by atoms with E-state index in [1.165, 1.54) is 10.6 Å². The summed E-state index contributed by atoms with van der Waals surface area (Å²) in [5.41, 5.74) is 3.80. The Hall–Kier alpha value is -0.650. The van der Waals surface area contributed by atoms with Crippen molar-refractivity contribution in [2.45, 2.75) is 13.0 Å². The highest BCUT2D eigenvalue weighted by Crippen LogP contribution is 2.26. The number of thiazole rings is 1. The normalized spacial score (nSPS) is 17.5. The van der Waals surface area contributed by atoms with Crippen LogP contribution in [0.4, 0.5) is 5.13 Å². The van der Waals surface area contributed by atoms with Crippen LogP contribution in [-0.2, 0) is 13.0 Å². The van der Waals surface area contributed by atoms with Gasteiger partial charge in [0.15, 0.2) is 5.13 Å². The zero-order valence-corrected chi connectivity index (χ0v) is 7.82. The van der Waals surface area contributed by atoms with Crippen LogP contribution in [-0.4, -0.2) is 23.5 Å². The Labute approximate surface area is 75.4 Å². The fourth-order valence-electron chi connectivity index (χ4n) is 1.38. The van der Waals surface area contributed by atoms with Gasteiger partial charge in [0.25, 0.3) is 0 Å². The lowest BCUT2D eigenvalue weighted by atomic mass is 10.2. The maximum absolute atomic E-state index is 5.28. The maximum Gasteiger partial charge on any atom is 0.197 e. The van der Waals surface area contributed by atoms with Gasteiger partial charge in [-0.2, -0.15) is 0 Å². The van der Waals surface area contributed by atoms with E-state index >= 15 is 0 Å². The van der Waals surface area contributed by atoms with Gasteiger partial charge in [-0.15, -0.1) is 0 Å². The van der Waals surface area contributed by atoms with Crippen molar-refractivity contribution < 1.29 is 0 Å². The van der Waals surface area contributed by atoms with Crippen LogP contribution in [0.15, 0.2) is 0 Å². The molecule has 5 heteroatoms. The van der Waals surface area contributed by atoms with E-state index in [0.717, 1.165) is 24.6 Å². The first-order valence-corrected chi connectivity index (χ1v) is 4.75. The average Bonchev–Trinajstić information content (AvgIpc) is 2.46. The molecule has 0 atom stereocenters. The molecule has 0 bridgehead atoms. The Kier molecular flexibility index (Phi) is 2.00. The van der Waals surface area contributed by atoms with Gasteiger partial charge in [0.1, 0.15) is 0 Å². The molecule has 1 aromatic heterocycles. The van der Waals surface area contributed by atoms with E-state index in [9.17, 15) is 0 Å². The van der Waals surface area contributed by atoms with Crippen molar-refractivity contribution in [1.29, 1.82) is 0 Å². The fraction of sp³-hybridized carbons (Fsp3) is 0.571. The van der Waals surface area contributed by atoms with Gasteiger partial charge in [-0.25, -0.2) is 10.8 Å². The first-order valence-electron chi connectivity index (χ1n) is 3.93. The molecule has 0 radical (unpaired) electrons. The summed E-state index contributed by atoms with van der Waals surface area (Å²) in [5.74, 6) is 5.28. The standard InChI is InChI=1S/C7H12N4S/c1-11-3-2-5-6(4-11)12-7(9-5)10-8/h2-4,8H2,1H3,(H,9,10). The summed E-state index contributed by atoms with van der Waals surface area (Å²) in [6, 6.07) is 0. The second-order valence-corrected chi connectivity index (χ2v) is 4.10. The number of anilines is 1. The SMILES string of the molecule is CN1CCc2nc(NN)sc2C1. The molecule has 0 aromatic carbocycles. The summed E-state index contributed by atoms with van der Waals surface area (Å²) in [5, 5.41) is 0.829. The molecule has 3 N–H and O–H groups in total. The fourth-order valence-corrected chi connectivity index (χ4v) is 2.38. The summed E-state index contributed by atoms with van der Waals surface area (Å²) in [6.07, 6.45) is 1.05. The molecule has 0 fully saturated rings. The highest BCUT2D eigenvalue weighted by Gasteiger charge is 2.17. The lowest BCUT2D eigenvalue weighted by molar-refractivity contribution is 0.314. The van der Waals surface area contributed by atoms with Crippen LogP contribution in [0.5, 0.6) is 0 Å². The smallest absolute Gasteiger partial charge is 0.197 e. The Morgan fingerprint density at radius 3 is 3.25 bits per heavy atom. The first kappa shape index (κ1) is 7.97. The molecule has 0 aliphatic carbocycles. The van der Waals surface area contributed by atoms with E-state index in [2.05, 4.69) is 22.4 Å². The van der Waals surface area contributed by atoms with Crippen molar-refractivity contribution in [1.82, 2.24) is 9.88 Å². The van der Waals surface area contributed by atoms with E-state index in [-0.39, 0.29) is 0 Å². The molecule has 66 valence electrons. The highest BCUT2D eigenvalue weighted by atomic mass is 32.1. The van der Waals surface area contributed by atoms with Gasteiger partial charge < -0.3 is 4.90 Å². The summed E-state index contributed by atoms with van der Waals surface area (Å²) >= 11 is 1.65. The quantitative estimate of drug-likeness (QED) is 0.490. The molecule has 1 aliphatic heterocycles. The zero-order valence-electron chi connectivity index (χ0n) is 7.00. The van der Waals surface area contributed by atoms with E-state index < -0.39 is 0 Å². The van der Waals surface area contributed by atoms with Gasteiger partial charge in [-0.05, 0) is 7.05 Å². The third kappa shape index (κ3) is 1.31. The Morgan fingerprint density at radius 2 is 2.50 bits per heavy atom. The van der Waals surface area contributed by atoms with Gasteiger partial charge in [-0.1, -0.05) is 11.3 Å². The minimum Gasteiger partial charge on any atom is -0.301 e. The van der Waals surface area contributed by atoms with Crippen LogP contribution >= 0.6 is 11.3 Å². The molecule has 0 saturated carbocycles. The van der Waals surface area contributed by atoms with Gasteiger partial charge in [-0.3, -0.25) is 5.43 Å². The lowest BCUT2D eigenvalue weighted by Crippen LogP contribution is -2.25. The molecule has 12 heavy (non-hydrogen) atoms. The van der Waals surface area contributed by atoms with Crippen molar-refractivity contribution in [2.75, 3.05) is 19.0 Å². The van der Waals surface area contributed by atoms with E-state index in [1.54, 1.807) is 11.3 Å². The number of hydrogen-bond acceptors (Lipinski definition) is 5. The van der Waals surface area contributed by atoms with Crippen LogP contribution in [0.3, 0.4) is 0 Å². The molecule has 0 saturated heterocycles. The third-order valence-corrected chi connectivity index (χ3v) is 3.06. The number of nitrogens with two attached hydrogens (primary N) is 1. The molecular weight excluding hydrogens is 172 g/mol. The molecule has 4 nitrogen and oxygen atoms in total. The molecule has 0 spiro atoms. The van der Waals surface area contributed by atoms with E-state index in [0.29, 0.717) is 0 Å². The Morgan fingerprint density at radius 1 is 1.67 bits per heavy atom. The third-order valence-electron chi connectivity index (χ3n) is 2.05. The number of fused-ring (bicyclic) bond motifs is 1. The van der Waals surface area contributed by atoms with Crippen molar-refractivity contribution >= 4 is 16.5 Å². The topological polar surface area (TPSA) is 54.2 Å². The number of nitrogens with one attached hydrogen (secondary N) is 1. The number of nitrogens with zero attached hydrogens (tertiary/aromatic N) is 2. The predicted octanol–water partition coefficient (Wildman–Crippen LogP) is 0.417. The lowest BCUT2D eigenvalue weighted by Gasteiger charge is -2.20. The van der Waals surface area contributed by atoms with Crippen molar-refractivity contribution in [3.8, 4) is 0 Å². The minimum atomic E-state index is 0.829. The van der Waals surface area contributed by atoms with Crippen LogP contribution in [0.25, 0.3) is 0 Å². The molecular formula is C7H12N4S. The molecule has 2 heterocycles. The summed E-state index contributed by atoms with van der Waals surface area (Å²) in [7, 11) is 2.12. The van der Waals surface area contributed by atoms with E-state index in [4.69, 9.17) is 5.84 Å². The number of rotatable bonds is 1. The first-order chi connectivity index (χ1) is 5.79. The monoisotopic (exact) mass is 184 g/mol. The average molecular weight is 184 g/mol. The Balaban J connectivity index is 2.28. The van der Waals surface area contributed by atoms with Crippen LogP contribution in [0, 0.1) is 0 Å². The zero-order chi connectivity index (χ0) is 8.55. The Bertz CT molecular complexity index is 283. The molecule has 2 rings (SSSR count). The van der Waals surface area contributed by atoms with Crippen molar-refractivity contribution in [2.24, 2.45) is 5.84 Å². The van der Waals surface area contributed by atoms with Gasteiger partial charge in [0.2, 0.25) is 0 Å². The largest absolute Gasteiger partial charge is 0.301 e. The maximum atomic E-state index is 5.28. The van der Waals surface area contributed by atoms with Crippen LogP contribution in [0.2, 0.25) is 0 Å². The molecule has 1 aliphatic rings. The number of hydrogen-bond donors (Lipinski definition) is 2. The van der Waals surface area contributed by atoms with Crippen molar-refractivity contribution in [3.63, 3.8) is 0 Å². The van der Waals surface area contributed by atoms with Crippen molar-refractivity contribution in [3.05, 3.63) is 10.6 Å². The minimum absolute atomic E-state index is 0.829. The highest BCUT2D eigenvalue weighted by molar-refractivity contribution is 7.15.